The number of benzene rings is 1. The van der Waals surface area contributed by atoms with Crippen LogP contribution in [0.25, 0.3) is 0 Å². The van der Waals surface area contributed by atoms with Crippen LogP contribution in [0.4, 0.5) is 0 Å². The van der Waals surface area contributed by atoms with Gasteiger partial charge in [-0.3, -0.25) is 0 Å². The van der Waals surface area contributed by atoms with Gasteiger partial charge in [-0.05, 0) is 53.9 Å². The second-order valence-corrected chi connectivity index (χ2v) is 6.13. The first kappa shape index (κ1) is 10.8. The fourth-order valence-electron chi connectivity index (χ4n) is 3.38. The Labute approximate surface area is 105 Å². The average Bonchev–Trinajstić information content (AvgIpc) is 2.55. The first-order valence-electron chi connectivity index (χ1n) is 6.07. The third-order valence-electron chi connectivity index (χ3n) is 4.52. The molecule has 16 heavy (non-hydrogen) atoms. The number of halogens is 1. The lowest BCUT2D eigenvalue weighted by atomic mass is 9.71. The van der Waals surface area contributed by atoms with E-state index in [1.807, 2.05) is 0 Å². The summed E-state index contributed by atoms with van der Waals surface area (Å²) < 4.78 is 6.73. The van der Waals surface area contributed by atoms with Gasteiger partial charge in [0, 0.05) is 17.7 Å². The van der Waals surface area contributed by atoms with Crippen LogP contribution in [-0.2, 0) is 11.2 Å². The van der Waals surface area contributed by atoms with Gasteiger partial charge in [-0.25, -0.2) is 0 Å². The summed E-state index contributed by atoms with van der Waals surface area (Å²) in [6.07, 6.45) is 3.70. The Morgan fingerprint density at radius 1 is 1.31 bits per heavy atom. The maximum absolute atomic E-state index is 5.52. The van der Waals surface area contributed by atoms with Crippen molar-refractivity contribution < 1.29 is 4.74 Å². The second-order valence-electron chi connectivity index (χ2n) is 5.22. The van der Waals surface area contributed by atoms with Crippen molar-refractivity contribution in [1.82, 2.24) is 0 Å². The lowest BCUT2D eigenvalue weighted by Crippen LogP contribution is -2.32. The first-order chi connectivity index (χ1) is 7.71. The predicted octanol–water partition coefficient (Wildman–Crippen LogP) is 3.91. The minimum atomic E-state index is 0.487. The van der Waals surface area contributed by atoms with E-state index in [2.05, 4.69) is 41.1 Å². The number of fused-ring (bicyclic) bond motifs is 1. The van der Waals surface area contributed by atoms with Gasteiger partial charge in [0.2, 0.25) is 0 Å². The summed E-state index contributed by atoms with van der Waals surface area (Å²) in [5.74, 6) is 0.684. The number of hydrogen-bond donors (Lipinski definition) is 0. The molecular formula is C14H17BrO. The van der Waals surface area contributed by atoms with Crippen LogP contribution in [0.3, 0.4) is 0 Å². The highest BCUT2D eigenvalue weighted by atomic mass is 79.9. The van der Waals surface area contributed by atoms with Crippen LogP contribution in [0.5, 0.6) is 0 Å². The Bertz CT molecular complexity index is 407. The second kappa shape index (κ2) is 3.85. The summed E-state index contributed by atoms with van der Waals surface area (Å²) in [5, 5.41) is 0. The van der Waals surface area contributed by atoms with Gasteiger partial charge in [0.1, 0.15) is 0 Å². The van der Waals surface area contributed by atoms with Crippen LogP contribution < -0.4 is 0 Å². The average molecular weight is 281 g/mol. The molecule has 2 aliphatic rings. The van der Waals surface area contributed by atoms with Gasteiger partial charge in [0.15, 0.2) is 0 Å². The molecule has 1 aliphatic carbocycles. The van der Waals surface area contributed by atoms with Crippen molar-refractivity contribution in [3.63, 3.8) is 0 Å². The molecule has 86 valence electrons. The van der Waals surface area contributed by atoms with Crippen LogP contribution in [0.2, 0.25) is 0 Å². The van der Waals surface area contributed by atoms with Gasteiger partial charge in [-0.15, -0.1) is 0 Å². The Morgan fingerprint density at radius 3 is 2.81 bits per heavy atom. The highest BCUT2D eigenvalue weighted by Crippen LogP contribution is 2.53. The number of hydrogen-bond acceptors (Lipinski definition) is 1. The van der Waals surface area contributed by atoms with Gasteiger partial charge in [0.25, 0.3) is 0 Å². The summed E-state index contributed by atoms with van der Waals surface area (Å²) in [7, 11) is 0. The lowest BCUT2D eigenvalue weighted by Gasteiger charge is -2.37. The zero-order valence-corrected chi connectivity index (χ0v) is 11.2. The monoisotopic (exact) mass is 280 g/mol. The van der Waals surface area contributed by atoms with E-state index < -0.39 is 0 Å². The topological polar surface area (TPSA) is 9.23 Å². The van der Waals surface area contributed by atoms with E-state index in [4.69, 9.17) is 4.74 Å². The van der Waals surface area contributed by atoms with Crippen molar-refractivity contribution in [3.8, 4) is 0 Å². The fourth-order valence-corrected chi connectivity index (χ4v) is 3.76. The summed E-state index contributed by atoms with van der Waals surface area (Å²) in [5.41, 5.74) is 3.59. The Hall–Kier alpha value is -0.340. The third kappa shape index (κ3) is 1.54. The Morgan fingerprint density at radius 2 is 2.06 bits per heavy atom. The normalized spacial score (nSPS) is 27.0. The molecule has 3 rings (SSSR count). The van der Waals surface area contributed by atoms with Gasteiger partial charge in [-0.1, -0.05) is 28.9 Å². The maximum Gasteiger partial charge on any atom is 0.0471 e. The molecule has 1 nitrogen and oxygen atoms in total. The quantitative estimate of drug-likeness (QED) is 0.700. The lowest BCUT2D eigenvalue weighted by molar-refractivity contribution is 0.00886. The van der Waals surface area contributed by atoms with Crippen molar-refractivity contribution >= 4 is 15.9 Å². The molecule has 1 atom stereocenters. The van der Waals surface area contributed by atoms with Crippen LogP contribution in [0.15, 0.2) is 22.7 Å². The van der Waals surface area contributed by atoms with E-state index in [1.165, 1.54) is 23.7 Å². The van der Waals surface area contributed by atoms with Crippen molar-refractivity contribution in [3.05, 3.63) is 33.8 Å². The SMILES string of the molecule is CC1c2cc(Br)ccc2CC12CCOCC2. The minimum Gasteiger partial charge on any atom is -0.381 e. The predicted molar refractivity (Wildman–Crippen MR) is 68.7 cm³/mol. The standard InChI is InChI=1S/C14H17BrO/c1-10-13-8-12(15)3-2-11(13)9-14(10)4-6-16-7-5-14/h2-3,8,10H,4-7,9H2,1H3. The Kier molecular flexibility index (Phi) is 2.60. The van der Waals surface area contributed by atoms with E-state index in [9.17, 15) is 0 Å². The molecule has 1 heterocycles. The van der Waals surface area contributed by atoms with E-state index in [0.29, 0.717) is 11.3 Å². The highest BCUT2D eigenvalue weighted by molar-refractivity contribution is 9.10. The smallest absolute Gasteiger partial charge is 0.0471 e. The van der Waals surface area contributed by atoms with Gasteiger partial charge < -0.3 is 4.74 Å². The van der Waals surface area contributed by atoms with E-state index >= 15 is 0 Å². The summed E-state index contributed by atoms with van der Waals surface area (Å²) >= 11 is 3.58. The molecule has 1 aliphatic heterocycles. The summed E-state index contributed by atoms with van der Waals surface area (Å²) in [6, 6.07) is 6.77. The van der Waals surface area contributed by atoms with Crippen molar-refractivity contribution in [2.24, 2.45) is 5.41 Å². The van der Waals surface area contributed by atoms with Crippen molar-refractivity contribution in [1.29, 1.82) is 0 Å². The molecule has 1 aromatic rings. The van der Waals surface area contributed by atoms with E-state index in [-0.39, 0.29) is 0 Å². The van der Waals surface area contributed by atoms with Crippen LogP contribution in [0.1, 0.15) is 36.8 Å². The molecule has 0 saturated carbocycles. The molecule has 0 amide bonds. The Balaban J connectivity index is 1.99. The molecule has 0 aromatic heterocycles. The molecule has 1 unspecified atom stereocenters. The van der Waals surface area contributed by atoms with Crippen molar-refractivity contribution in [2.75, 3.05) is 13.2 Å². The van der Waals surface area contributed by atoms with Gasteiger partial charge in [-0.2, -0.15) is 0 Å². The van der Waals surface area contributed by atoms with Crippen molar-refractivity contribution in [2.45, 2.75) is 32.1 Å². The maximum atomic E-state index is 5.52. The van der Waals surface area contributed by atoms with E-state index in [0.717, 1.165) is 13.2 Å². The van der Waals surface area contributed by atoms with Crippen LogP contribution in [-0.4, -0.2) is 13.2 Å². The molecule has 0 radical (unpaired) electrons. The van der Waals surface area contributed by atoms with Gasteiger partial charge >= 0.3 is 0 Å². The largest absolute Gasteiger partial charge is 0.381 e. The summed E-state index contributed by atoms with van der Waals surface area (Å²) in [6.45, 7) is 4.28. The molecule has 1 saturated heterocycles. The molecule has 0 N–H and O–H groups in total. The molecular weight excluding hydrogens is 264 g/mol. The fraction of sp³-hybridized carbons (Fsp3) is 0.571. The van der Waals surface area contributed by atoms with Gasteiger partial charge in [0.05, 0.1) is 0 Å². The molecule has 1 spiro atoms. The zero-order chi connectivity index (χ0) is 11.2. The number of rotatable bonds is 0. The van der Waals surface area contributed by atoms with Crippen LogP contribution >= 0.6 is 15.9 Å². The minimum absolute atomic E-state index is 0.487. The summed E-state index contributed by atoms with van der Waals surface area (Å²) in [4.78, 5) is 0. The molecule has 0 bridgehead atoms. The molecule has 1 fully saturated rings. The van der Waals surface area contributed by atoms with Crippen LogP contribution in [0, 0.1) is 5.41 Å². The molecule has 1 aromatic carbocycles. The number of ether oxygens (including phenoxy) is 1. The van der Waals surface area contributed by atoms with E-state index in [1.54, 1.807) is 11.1 Å². The third-order valence-corrected chi connectivity index (χ3v) is 5.02. The zero-order valence-electron chi connectivity index (χ0n) is 9.63. The highest BCUT2D eigenvalue weighted by Gasteiger charge is 2.44. The molecule has 2 heteroatoms. The first-order valence-corrected chi connectivity index (χ1v) is 6.87.